The van der Waals surface area contributed by atoms with E-state index in [2.05, 4.69) is 15.7 Å². The maximum absolute atomic E-state index is 11.9. The van der Waals surface area contributed by atoms with Crippen molar-refractivity contribution in [3.63, 3.8) is 0 Å². The molecule has 0 radical (unpaired) electrons. The molecular formula is C16H22N4O2. The van der Waals surface area contributed by atoms with Crippen LogP contribution in [0.2, 0.25) is 0 Å². The maximum atomic E-state index is 11.9. The van der Waals surface area contributed by atoms with Crippen LogP contribution >= 0.6 is 0 Å². The van der Waals surface area contributed by atoms with Crippen LogP contribution < -0.4 is 10.6 Å². The first kappa shape index (κ1) is 15.9. The Hall–Kier alpha value is -2.50. The third-order valence-corrected chi connectivity index (χ3v) is 3.42. The van der Waals surface area contributed by atoms with Gasteiger partial charge in [-0.1, -0.05) is 12.1 Å². The van der Waals surface area contributed by atoms with Gasteiger partial charge in [0.1, 0.15) is 11.6 Å². The number of amides is 2. The molecule has 1 aromatic carbocycles. The number of urea groups is 1. The first-order valence-corrected chi connectivity index (χ1v) is 7.30. The van der Waals surface area contributed by atoms with E-state index in [1.807, 2.05) is 32.0 Å². The zero-order valence-electron chi connectivity index (χ0n) is 13.1. The van der Waals surface area contributed by atoms with Crippen molar-refractivity contribution in [1.82, 2.24) is 15.1 Å². The predicted molar refractivity (Wildman–Crippen MR) is 86.0 cm³/mol. The van der Waals surface area contributed by atoms with Gasteiger partial charge < -0.3 is 10.4 Å². The monoisotopic (exact) mass is 302 g/mol. The number of nitrogens with one attached hydrogen (secondary N) is 2. The first-order valence-electron chi connectivity index (χ1n) is 7.30. The molecule has 0 unspecified atom stereocenters. The van der Waals surface area contributed by atoms with E-state index < -0.39 is 0 Å². The van der Waals surface area contributed by atoms with Crippen LogP contribution in [0, 0.1) is 6.92 Å². The topological polar surface area (TPSA) is 79.2 Å². The molecule has 2 aromatic rings. The Kier molecular flexibility index (Phi) is 5.04. The highest BCUT2D eigenvalue weighted by Gasteiger charge is 2.10. The SMILES string of the molecule is Cc1cc(NC(=O)N[C@H](C)CCc2ccc(O)cc2)n(C)n1. The van der Waals surface area contributed by atoms with Gasteiger partial charge in [0, 0.05) is 19.2 Å². The number of hydrogen-bond donors (Lipinski definition) is 3. The van der Waals surface area contributed by atoms with Gasteiger partial charge in [-0.2, -0.15) is 5.10 Å². The fourth-order valence-corrected chi connectivity index (χ4v) is 2.22. The Morgan fingerprint density at radius 3 is 2.64 bits per heavy atom. The molecule has 2 rings (SSSR count). The van der Waals surface area contributed by atoms with Gasteiger partial charge in [0.2, 0.25) is 0 Å². The Labute approximate surface area is 130 Å². The summed E-state index contributed by atoms with van der Waals surface area (Å²) in [6.07, 6.45) is 1.66. The Morgan fingerprint density at radius 2 is 2.05 bits per heavy atom. The van der Waals surface area contributed by atoms with Gasteiger partial charge >= 0.3 is 6.03 Å². The van der Waals surface area contributed by atoms with Crippen molar-refractivity contribution in [3.8, 4) is 5.75 Å². The van der Waals surface area contributed by atoms with Gasteiger partial charge in [-0.3, -0.25) is 10.00 Å². The van der Waals surface area contributed by atoms with Crippen molar-refractivity contribution in [2.75, 3.05) is 5.32 Å². The van der Waals surface area contributed by atoms with Crippen LogP contribution in [0.25, 0.3) is 0 Å². The van der Waals surface area contributed by atoms with E-state index in [1.54, 1.807) is 23.9 Å². The second kappa shape index (κ2) is 6.98. The molecule has 0 bridgehead atoms. The smallest absolute Gasteiger partial charge is 0.320 e. The average molecular weight is 302 g/mol. The standard InChI is InChI=1S/C16H22N4O2/c1-11(4-5-13-6-8-14(21)9-7-13)17-16(22)18-15-10-12(2)19-20(15)3/h6-11,21H,4-5H2,1-3H3,(H2,17,18,22)/t11-/m1/s1. The number of carbonyl (C=O) groups excluding carboxylic acids is 1. The van der Waals surface area contributed by atoms with Gasteiger partial charge in [-0.05, 0) is 44.4 Å². The zero-order chi connectivity index (χ0) is 16.1. The number of aryl methyl sites for hydroxylation is 3. The molecule has 0 aliphatic rings. The molecule has 2 amide bonds. The van der Waals surface area contributed by atoms with Crippen LogP contribution in [0.1, 0.15) is 24.6 Å². The molecule has 0 saturated heterocycles. The number of carbonyl (C=O) groups is 1. The van der Waals surface area contributed by atoms with Crippen LogP contribution in [0.4, 0.5) is 10.6 Å². The van der Waals surface area contributed by atoms with Crippen molar-refractivity contribution in [2.45, 2.75) is 32.7 Å². The number of phenols is 1. The lowest BCUT2D eigenvalue weighted by Crippen LogP contribution is -2.36. The third kappa shape index (κ3) is 4.51. The third-order valence-electron chi connectivity index (χ3n) is 3.42. The quantitative estimate of drug-likeness (QED) is 0.794. The minimum Gasteiger partial charge on any atom is -0.508 e. The summed E-state index contributed by atoms with van der Waals surface area (Å²) >= 11 is 0. The number of benzene rings is 1. The highest BCUT2D eigenvalue weighted by molar-refractivity contribution is 5.88. The molecule has 3 N–H and O–H groups in total. The molecule has 6 heteroatoms. The van der Waals surface area contributed by atoms with Crippen molar-refractivity contribution < 1.29 is 9.90 Å². The van der Waals surface area contributed by atoms with Crippen LogP contribution in [-0.2, 0) is 13.5 Å². The Balaban J connectivity index is 1.78. The molecule has 1 atom stereocenters. The molecule has 6 nitrogen and oxygen atoms in total. The molecule has 0 aliphatic heterocycles. The Bertz CT molecular complexity index is 634. The molecule has 1 aromatic heterocycles. The average Bonchev–Trinajstić information content (AvgIpc) is 2.76. The van der Waals surface area contributed by atoms with E-state index in [0.717, 1.165) is 24.1 Å². The van der Waals surface area contributed by atoms with Crippen molar-refractivity contribution in [1.29, 1.82) is 0 Å². The molecular weight excluding hydrogens is 280 g/mol. The number of aromatic nitrogens is 2. The minimum absolute atomic E-state index is 0.0446. The Morgan fingerprint density at radius 1 is 1.36 bits per heavy atom. The summed E-state index contributed by atoms with van der Waals surface area (Å²) in [7, 11) is 1.79. The van der Waals surface area contributed by atoms with Crippen molar-refractivity contribution in [2.24, 2.45) is 7.05 Å². The highest BCUT2D eigenvalue weighted by atomic mass is 16.3. The molecule has 1 heterocycles. The van der Waals surface area contributed by atoms with E-state index >= 15 is 0 Å². The molecule has 22 heavy (non-hydrogen) atoms. The number of aromatic hydroxyl groups is 1. The molecule has 118 valence electrons. The molecule has 0 spiro atoms. The van der Waals surface area contributed by atoms with Gasteiger partial charge in [0.25, 0.3) is 0 Å². The van der Waals surface area contributed by atoms with Crippen LogP contribution in [0.3, 0.4) is 0 Å². The number of hydrogen-bond acceptors (Lipinski definition) is 3. The summed E-state index contributed by atoms with van der Waals surface area (Å²) in [5.41, 5.74) is 1.99. The van der Waals surface area contributed by atoms with Gasteiger partial charge in [-0.15, -0.1) is 0 Å². The lowest BCUT2D eigenvalue weighted by Gasteiger charge is -2.14. The van der Waals surface area contributed by atoms with Gasteiger partial charge in [0.15, 0.2) is 0 Å². The van der Waals surface area contributed by atoms with Crippen LogP contribution in [0.5, 0.6) is 5.75 Å². The highest BCUT2D eigenvalue weighted by Crippen LogP contribution is 2.12. The summed E-state index contributed by atoms with van der Waals surface area (Å²) in [5.74, 6) is 0.932. The predicted octanol–water partition coefficient (Wildman–Crippen LogP) is 2.58. The number of nitrogens with zero attached hydrogens (tertiary/aromatic N) is 2. The summed E-state index contributed by atoms with van der Waals surface area (Å²) in [6.45, 7) is 3.85. The number of anilines is 1. The number of phenolic OH excluding ortho intramolecular Hbond substituents is 1. The summed E-state index contributed by atoms with van der Waals surface area (Å²) in [6, 6.07) is 8.75. The number of rotatable bonds is 5. The van der Waals surface area contributed by atoms with E-state index in [-0.39, 0.29) is 17.8 Å². The first-order chi connectivity index (χ1) is 10.4. The van der Waals surface area contributed by atoms with Crippen LogP contribution in [0.15, 0.2) is 30.3 Å². The van der Waals surface area contributed by atoms with E-state index in [9.17, 15) is 9.90 Å². The lowest BCUT2D eigenvalue weighted by molar-refractivity contribution is 0.248. The molecule has 0 saturated carbocycles. The fourth-order valence-electron chi connectivity index (χ4n) is 2.22. The van der Waals surface area contributed by atoms with E-state index in [1.165, 1.54) is 0 Å². The maximum Gasteiger partial charge on any atom is 0.320 e. The van der Waals surface area contributed by atoms with Gasteiger partial charge in [0.05, 0.1) is 5.69 Å². The van der Waals surface area contributed by atoms with Crippen molar-refractivity contribution in [3.05, 3.63) is 41.6 Å². The minimum atomic E-state index is -0.235. The van der Waals surface area contributed by atoms with Crippen molar-refractivity contribution >= 4 is 11.8 Å². The summed E-state index contributed by atoms with van der Waals surface area (Å²) in [4.78, 5) is 11.9. The fraction of sp³-hybridized carbons (Fsp3) is 0.375. The second-order valence-corrected chi connectivity index (χ2v) is 5.50. The molecule has 0 aliphatic carbocycles. The normalized spacial score (nSPS) is 12.0. The van der Waals surface area contributed by atoms with E-state index in [0.29, 0.717) is 5.82 Å². The molecule has 0 fully saturated rings. The second-order valence-electron chi connectivity index (χ2n) is 5.50. The van der Waals surface area contributed by atoms with E-state index in [4.69, 9.17) is 0 Å². The zero-order valence-corrected chi connectivity index (χ0v) is 13.1. The summed E-state index contributed by atoms with van der Waals surface area (Å²) < 4.78 is 1.63. The lowest BCUT2D eigenvalue weighted by atomic mass is 10.1. The van der Waals surface area contributed by atoms with Crippen LogP contribution in [-0.4, -0.2) is 27.0 Å². The van der Waals surface area contributed by atoms with Gasteiger partial charge in [-0.25, -0.2) is 4.79 Å². The largest absolute Gasteiger partial charge is 0.508 e. The summed E-state index contributed by atoms with van der Waals surface area (Å²) in [5, 5.41) is 19.1.